The second kappa shape index (κ2) is 8.33. The van der Waals surface area contributed by atoms with Crippen LogP contribution in [0, 0.1) is 11.3 Å². The van der Waals surface area contributed by atoms with Gasteiger partial charge in [-0.25, -0.2) is 8.42 Å². The first kappa shape index (κ1) is 23.0. The predicted octanol–water partition coefficient (Wildman–Crippen LogP) is 2.65. The molecule has 2 aliphatic heterocycles. The first-order chi connectivity index (χ1) is 15.5. The molecule has 8 nitrogen and oxygen atoms in total. The second-order valence-corrected chi connectivity index (χ2v) is 9.50. The summed E-state index contributed by atoms with van der Waals surface area (Å²) < 4.78 is 74.1. The fourth-order valence-corrected chi connectivity index (χ4v) is 5.38. The van der Waals surface area contributed by atoms with Crippen molar-refractivity contribution in [3.05, 3.63) is 54.1 Å². The Labute approximate surface area is 187 Å². The normalized spacial score (nSPS) is 21.9. The number of hydrogen-bond acceptors (Lipinski definition) is 6. The van der Waals surface area contributed by atoms with Crippen molar-refractivity contribution < 1.29 is 35.9 Å². The summed E-state index contributed by atoms with van der Waals surface area (Å²) in [5.74, 6) is -0.882. The van der Waals surface area contributed by atoms with Gasteiger partial charge in [-0.05, 0) is 48.5 Å². The van der Waals surface area contributed by atoms with Gasteiger partial charge in [0, 0.05) is 25.2 Å². The van der Waals surface area contributed by atoms with E-state index in [1.807, 2.05) is 6.07 Å². The highest BCUT2D eigenvalue weighted by Crippen LogP contribution is 2.36. The zero-order chi connectivity index (χ0) is 23.9. The standard InChI is InChI=1S/C21H18F3N3O5S/c22-21(23,24)32-17-5-3-16(4-6-17)27-10-9-20(19(27)28)14-26(11-12-31-20)33(29,30)18-7-1-15(13-25)2-8-18/h1-8H,9-12,14H2. The molecule has 33 heavy (non-hydrogen) atoms. The first-order valence-corrected chi connectivity index (χ1v) is 11.3. The van der Waals surface area contributed by atoms with Gasteiger partial charge in [-0.2, -0.15) is 9.57 Å². The summed E-state index contributed by atoms with van der Waals surface area (Å²) in [7, 11) is -3.93. The van der Waals surface area contributed by atoms with Crippen molar-refractivity contribution in [3.8, 4) is 11.8 Å². The lowest BCUT2D eigenvalue weighted by molar-refractivity contribution is -0.274. The van der Waals surface area contributed by atoms with Crippen LogP contribution in [0.3, 0.4) is 0 Å². The number of alkyl halides is 3. The zero-order valence-electron chi connectivity index (χ0n) is 17.1. The van der Waals surface area contributed by atoms with Crippen LogP contribution in [0.5, 0.6) is 5.75 Å². The van der Waals surface area contributed by atoms with E-state index in [-0.39, 0.29) is 37.6 Å². The molecule has 0 aliphatic carbocycles. The highest BCUT2D eigenvalue weighted by Gasteiger charge is 2.52. The summed E-state index contributed by atoms with van der Waals surface area (Å²) in [5, 5.41) is 8.91. The van der Waals surface area contributed by atoms with Crippen molar-refractivity contribution in [1.82, 2.24) is 4.31 Å². The number of benzene rings is 2. The smallest absolute Gasteiger partial charge is 0.406 e. The third-order valence-electron chi connectivity index (χ3n) is 5.53. The fraction of sp³-hybridized carbons (Fsp3) is 0.333. The summed E-state index contributed by atoms with van der Waals surface area (Å²) in [6.45, 7) is 0.0806. The van der Waals surface area contributed by atoms with Crippen LogP contribution < -0.4 is 9.64 Å². The van der Waals surface area contributed by atoms with Crippen LogP contribution in [0.4, 0.5) is 18.9 Å². The Kier molecular flexibility index (Phi) is 5.81. The molecule has 2 aliphatic rings. The Morgan fingerprint density at radius 3 is 2.33 bits per heavy atom. The molecule has 12 heteroatoms. The van der Waals surface area contributed by atoms with Crippen LogP contribution in [-0.4, -0.2) is 56.8 Å². The molecule has 0 radical (unpaired) electrons. The lowest BCUT2D eigenvalue weighted by Crippen LogP contribution is -2.57. The van der Waals surface area contributed by atoms with Gasteiger partial charge in [0.1, 0.15) is 5.75 Å². The number of sulfonamides is 1. The number of halogens is 3. The van der Waals surface area contributed by atoms with E-state index in [4.69, 9.17) is 10.00 Å². The summed E-state index contributed by atoms with van der Waals surface area (Å²) >= 11 is 0. The molecular formula is C21H18F3N3O5S. The summed E-state index contributed by atoms with van der Waals surface area (Å²) in [6.07, 6.45) is -4.61. The topological polar surface area (TPSA) is 99.9 Å². The van der Waals surface area contributed by atoms with Gasteiger partial charge < -0.3 is 14.4 Å². The highest BCUT2D eigenvalue weighted by molar-refractivity contribution is 7.89. The Morgan fingerprint density at radius 1 is 1.06 bits per heavy atom. The van der Waals surface area contributed by atoms with Crippen LogP contribution in [0.1, 0.15) is 12.0 Å². The summed E-state index contributed by atoms with van der Waals surface area (Å²) in [5.41, 5.74) is -0.721. The number of amides is 1. The average molecular weight is 481 g/mol. The lowest BCUT2D eigenvalue weighted by Gasteiger charge is -2.38. The maximum atomic E-state index is 13.2. The molecule has 1 unspecified atom stereocenters. The second-order valence-electron chi connectivity index (χ2n) is 7.57. The maximum Gasteiger partial charge on any atom is 0.573 e. The number of ether oxygens (including phenoxy) is 2. The minimum absolute atomic E-state index is 0.00102. The number of nitriles is 1. The van der Waals surface area contributed by atoms with E-state index in [1.54, 1.807) is 0 Å². The molecule has 2 fully saturated rings. The molecule has 1 amide bonds. The summed E-state index contributed by atoms with van der Waals surface area (Å²) in [6, 6.07) is 12.3. The Morgan fingerprint density at radius 2 is 1.73 bits per heavy atom. The third-order valence-corrected chi connectivity index (χ3v) is 7.39. The van der Waals surface area contributed by atoms with Crippen molar-refractivity contribution in [3.63, 3.8) is 0 Å². The largest absolute Gasteiger partial charge is 0.573 e. The SMILES string of the molecule is N#Cc1ccc(S(=O)(=O)N2CCOC3(CCN(c4ccc(OC(F)(F)F)cc4)C3=O)C2)cc1. The zero-order valence-corrected chi connectivity index (χ0v) is 17.9. The van der Waals surface area contributed by atoms with E-state index >= 15 is 0 Å². The highest BCUT2D eigenvalue weighted by atomic mass is 32.2. The monoisotopic (exact) mass is 481 g/mol. The quantitative estimate of drug-likeness (QED) is 0.666. The van der Waals surface area contributed by atoms with Gasteiger partial charge in [-0.3, -0.25) is 4.79 Å². The number of morpholine rings is 1. The average Bonchev–Trinajstić information content (AvgIpc) is 3.08. The number of nitrogens with zero attached hydrogens (tertiary/aromatic N) is 3. The molecule has 1 spiro atoms. The van der Waals surface area contributed by atoms with Crippen molar-refractivity contribution in [1.29, 1.82) is 5.26 Å². The predicted molar refractivity (Wildman–Crippen MR) is 109 cm³/mol. The van der Waals surface area contributed by atoms with E-state index in [0.717, 1.165) is 12.1 Å². The van der Waals surface area contributed by atoms with E-state index in [9.17, 15) is 26.4 Å². The molecular weight excluding hydrogens is 463 g/mol. The van der Waals surface area contributed by atoms with E-state index in [0.29, 0.717) is 11.3 Å². The van der Waals surface area contributed by atoms with Gasteiger partial charge in [0.05, 0.1) is 29.7 Å². The van der Waals surface area contributed by atoms with E-state index < -0.39 is 33.6 Å². The van der Waals surface area contributed by atoms with Crippen molar-refractivity contribution in [2.45, 2.75) is 23.3 Å². The van der Waals surface area contributed by atoms with Gasteiger partial charge >= 0.3 is 6.36 Å². The number of carbonyl (C=O) groups excluding carboxylic acids is 1. The van der Waals surface area contributed by atoms with Crippen LogP contribution >= 0.6 is 0 Å². The molecule has 1 atom stereocenters. The van der Waals surface area contributed by atoms with Gasteiger partial charge in [-0.1, -0.05) is 0 Å². The molecule has 4 rings (SSSR count). The molecule has 0 saturated carbocycles. The van der Waals surface area contributed by atoms with Crippen LogP contribution in [-0.2, 0) is 19.6 Å². The van der Waals surface area contributed by atoms with Crippen LogP contribution in [0.15, 0.2) is 53.4 Å². The number of hydrogen-bond donors (Lipinski definition) is 0. The summed E-state index contributed by atoms with van der Waals surface area (Å²) in [4.78, 5) is 14.6. The van der Waals surface area contributed by atoms with Gasteiger partial charge in [0.25, 0.3) is 5.91 Å². The Bertz CT molecular complexity index is 1190. The molecule has 0 N–H and O–H groups in total. The molecule has 2 saturated heterocycles. The molecule has 2 aromatic carbocycles. The molecule has 2 aromatic rings. The maximum absolute atomic E-state index is 13.2. The minimum Gasteiger partial charge on any atom is -0.406 e. The molecule has 2 heterocycles. The number of rotatable bonds is 4. The van der Waals surface area contributed by atoms with E-state index in [1.165, 1.54) is 45.6 Å². The Hall–Kier alpha value is -3.14. The van der Waals surface area contributed by atoms with Crippen molar-refractivity contribution in [2.24, 2.45) is 0 Å². The third kappa shape index (κ3) is 4.52. The first-order valence-electron chi connectivity index (χ1n) is 9.86. The van der Waals surface area contributed by atoms with Gasteiger partial charge in [0.2, 0.25) is 10.0 Å². The van der Waals surface area contributed by atoms with Gasteiger partial charge in [-0.15, -0.1) is 13.2 Å². The molecule has 174 valence electrons. The molecule has 0 bridgehead atoms. The van der Waals surface area contributed by atoms with Crippen molar-refractivity contribution >= 4 is 21.6 Å². The number of anilines is 1. The lowest BCUT2D eigenvalue weighted by atomic mass is 10.0. The van der Waals surface area contributed by atoms with Crippen LogP contribution in [0.25, 0.3) is 0 Å². The van der Waals surface area contributed by atoms with E-state index in [2.05, 4.69) is 4.74 Å². The van der Waals surface area contributed by atoms with Crippen LogP contribution in [0.2, 0.25) is 0 Å². The molecule has 0 aromatic heterocycles. The number of carbonyl (C=O) groups is 1. The fourth-order valence-electron chi connectivity index (χ4n) is 3.91. The minimum atomic E-state index is -4.82. The Balaban J connectivity index is 1.52. The van der Waals surface area contributed by atoms with Gasteiger partial charge in [0.15, 0.2) is 5.60 Å². The van der Waals surface area contributed by atoms with Crippen molar-refractivity contribution in [2.75, 3.05) is 31.1 Å².